The molecule has 2 N–H and O–H groups in total. The molecule has 0 aromatic carbocycles. The average molecular weight is 266 g/mol. The SMILES string of the molecule is CCOC1CC(NC(=O)C2CC3CCC2N3)C1(C)C. The zero-order valence-electron chi connectivity index (χ0n) is 12.2. The van der Waals surface area contributed by atoms with Gasteiger partial charge in [-0.3, -0.25) is 4.79 Å². The van der Waals surface area contributed by atoms with Crippen molar-refractivity contribution in [2.75, 3.05) is 6.61 Å². The first-order valence-electron chi connectivity index (χ1n) is 7.70. The summed E-state index contributed by atoms with van der Waals surface area (Å²) in [6.45, 7) is 7.18. The average Bonchev–Trinajstić information content (AvgIpc) is 2.99. The van der Waals surface area contributed by atoms with E-state index < -0.39 is 0 Å². The van der Waals surface area contributed by atoms with E-state index in [1.807, 2.05) is 6.92 Å². The fourth-order valence-electron chi connectivity index (χ4n) is 4.01. The van der Waals surface area contributed by atoms with Gasteiger partial charge in [0.25, 0.3) is 0 Å². The second-order valence-corrected chi connectivity index (χ2v) is 6.95. The van der Waals surface area contributed by atoms with Gasteiger partial charge in [0.15, 0.2) is 0 Å². The predicted molar refractivity (Wildman–Crippen MR) is 73.8 cm³/mol. The van der Waals surface area contributed by atoms with Gasteiger partial charge < -0.3 is 15.4 Å². The van der Waals surface area contributed by atoms with Crippen molar-refractivity contribution in [3.8, 4) is 0 Å². The number of carbonyl (C=O) groups excluding carboxylic acids is 1. The number of nitrogens with one attached hydrogen (secondary N) is 2. The Kier molecular flexibility index (Phi) is 3.34. The first kappa shape index (κ1) is 13.4. The van der Waals surface area contributed by atoms with Crippen molar-refractivity contribution in [3.05, 3.63) is 0 Å². The van der Waals surface area contributed by atoms with E-state index in [1.54, 1.807) is 0 Å². The molecule has 0 radical (unpaired) electrons. The Hall–Kier alpha value is -0.610. The first-order valence-corrected chi connectivity index (χ1v) is 7.70. The summed E-state index contributed by atoms with van der Waals surface area (Å²) in [4.78, 5) is 12.4. The summed E-state index contributed by atoms with van der Waals surface area (Å²) in [5.41, 5.74) is 0.0662. The molecule has 1 aliphatic carbocycles. The highest BCUT2D eigenvalue weighted by Gasteiger charge is 2.51. The van der Waals surface area contributed by atoms with Crippen LogP contribution in [-0.2, 0) is 9.53 Å². The van der Waals surface area contributed by atoms with Crippen LogP contribution in [0.2, 0.25) is 0 Å². The van der Waals surface area contributed by atoms with E-state index in [1.165, 1.54) is 12.8 Å². The molecule has 4 nitrogen and oxygen atoms in total. The highest BCUT2D eigenvalue weighted by Crippen LogP contribution is 2.43. The number of hydrogen-bond donors (Lipinski definition) is 2. The molecule has 3 fully saturated rings. The van der Waals surface area contributed by atoms with E-state index in [4.69, 9.17) is 4.74 Å². The largest absolute Gasteiger partial charge is 0.378 e. The molecule has 1 saturated carbocycles. The molecular weight excluding hydrogens is 240 g/mol. The molecule has 108 valence electrons. The monoisotopic (exact) mass is 266 g/mol. The zero-order chi connectivity index (χ0) is 13.6. The molecule has 2 aliphatic heterocycles. The molecule has 3 rings (SSSR count). The molecule has 2 bridgehead atoms. The summed E-state index contributed by atoms with van der Waals surface area (Å²) < 4.78 is 5.72. The fourth-order valence-corrected chi connectivity index (χ4v) is 4.01. The lowest BCUT2D eigenvalue weighted by Crippen LogP contribution is -2.63. The van der Waals surface area contributed by atoms with Gasteiger partial charge >= 0.3 is 0 Å². The van der Waals surface area contributed by atoms with Gasteiger partial charge in [0.2, 0.25) is 5.91 Å². The van der Waals surface area contributed by atoms with Gasteiger partial charge in [0.1, 0.15) is 0 Å². The van der Waals surface area contributed by atoms with E-state index in [2.05, 4.69) is 24.5 Å². The van der Waals surface area contributed by atoms with E-state index in [-0.39, 0.29) is 23.3 Å². The molecular formula is C15H26N2O2. The zero-order valence-corrected chi connectivity index (χ0v) is 12.2. The molecule has 1 amide bonds. The topological polar surface area (TPSA) is 50.4 Å². The lowest BCUT2D eigenvalue weighted by molar-refractivity contribution is -0.140. The maximum absolute atomic E-state index is 12.4. The maximum atomic E-state index is 12.4. The first-order chi connectivity index (χ1) is 9.02. The van der Waals surface area contributed by atoms with E-state index in [0.717, 1.165) is 19.4 Å². The Labute approximate surface area is 115 Å². The van der Waals surface area contributed by atoms with Crippen molar-refractivity contribution >= 4 is 5.91 Å². The normalized spacial score (nSPS) is 43.0. The van der Waals surface area contributed by atoms with Crippen molar-refractivity contribution in [2.24, 2.45) is 11.3 Å². The highest BCUT2D eigenvalue weighted by molar-refractivity contribution is 5.80. The summed E-state index contributed by atoms with van der Waals surface area (Å²) in [5, 5.41) is 6.80. The third kappa shape index (κ3) is 2.19. The minimum absolute atomic E-state index is 0.0662. The third-order valence-electron chi connectivity index (χ3n) is 5.50. The Bertz CT molecular complexity index is 369. The van der Waals surface area contributed by atoms with Crippen molar-refractivity contribution in [3.63, 3.8) is 0 Å². The van der Waals surface area contributed by atoms with Crippen LogP contribution in [0.5, 0.6) is 0 Å². The van der Waals surface area contributed by atoms with Crippen LogP contribution in [0.15, 0.2) is 0 Å². The summed E-state index contributed by atoms with van der Waals surface area (Å²) in [6.07, 6.45) is 4.69. The van der Waals surface area contributed by atoms with Crippen LogP contribution < -0.4 is 10.6 Å². The number of carbonyl (C=O) groups is 1. The minimum Gasteiger partial charge on any atom is -0.378 e. The smallest absolute Gasteiger partial charge is 0.224 e. The second-order valence-electron chi connectivity index (χ2n) is 6.95. The van der Waals surface area contributed by atoms with Gasteiger partial charge in [0.05, 0.1) is 12.0 Å². The summed E-state index contributed by atoms with van der Waals surface area (Å²) in [6, 6.07) is 1.29. The van der Waals surface area contributed by atoms with Crippen molar-refractivity contribution in [1.29, 1.82) is 0 Å². The van der Waals surface area contributed by atoms with Crippen LogP contribution in [-0.4, -0.2) is 36.7 Å². The summed E-state index contributed by atoms with van der Waals surface area (Å²) in [7, 11) is 0. The number of rotatable bonds is 4. The third-order valence-corrected chi connectivity index (χ3v) is 5.50. The van der Waals surface area contributed by atoms with Crippen LogP contribution in [0.1, 0.15) is 46.5 Å². The second kappa shape index (κ2) is 4.74. The highest BCUT2D eigenvalue weighted by atomic mass is 16.5. The van der Waals surface area contributed by atoms with Crippen LogP contribution in [0.4, 0.5) is 0 Å². The number of ether oxygens (including phenoxy) is 1. The molecule has 2 heterocycles. The summed E-state index contributed by atoms with van der Waals surface area (Å²) in [5.74, 6) is 0.452. The van der Waals surface area contributed by atoms with Crippen molar-refractivity contribution in [2.45, 2.75) is 70.7 Å². The molecule has 3 aliphatic rings. The van der Waals surface area contributed by atoms with Crippen LogP contribution in [0.25, 0.3) is 0 Å². The van der Waals surface area contributed by atoms with Gasteiger partial charge in [-0.05, 0) is 32.6 Å². The molecule has 0 aromatic heterocycles. The molecule has 19 heavy (non-hydrogen) atoms. The van der Waals surface area contributed by atoms with Gasteiger partial charge in [-0.2, -0.15) is 0 Å². The fraction of sp³-hybridized carbons (Fsp3) is 0.933. The molecule has 0 spiro atoms. The number of amides is 1. The maximum Gasteiger partial charge on any atom is 0.224 e. The van der Waals surface area contributed by atoms with Crippen LogP contribution in [0, 0.1) is 11.3 Å². The van der Waals surface area contributed by atoms with Gasteiger partial charge in [0, 0.05) is 30.1 Å². The van der Waals surface area contributed by atoms with E-state index in [0.29, 0.717) is 18.2 Å². The van der Waals surface area contributed by atoms with Gasteiger partial charge in [-0.1, -0.05) is 13.8 Å². The molecule has 5 atom stereocenters. The van der Waals surface area contributed by atoms with Crippen molar-refractivity contribution < 1.29 is 9.53 Å². The Balaban J connectivity index is 1.54. The molecule has 5 unspecified atom stereocenters. The van der Waals surface area contributed by atoms with Gasteiger partial charge in [-0.15, -0.1) is 0 Å². The molecule has 0 aromatic rings. The predicted octanol–water partition coefficient (Wildman–Crippen LogP) is 1.45. The van der Waals surface area contributed by atoms with E-state index >= 15 is 0 Å². The van der Waals surface area contributed by atoms with Crippen LogP contribution >= 0.6 is 0 Å². The standard InChI is InChI=1S/C15H26N2O2/c1-4-19-13-8-12(15(13,2)3)17-14(18)10-7-9-5-6-11(10)16-9/h9-13,16H,4-8H2,1-3H3,(H,17,18). The minimum atomic E-state index is 0.0662. The number of hydrogen-bond acceptors (Lipinski definition) is 3. The van der Waals surface area contributed by atoms with Gasteiger partial charge in [-0.25, -0.2) is 0 Å². The van der Waals surface area contributed by atoms with E-state index in [9.17, 15) is 4.79 Å². The Morgan fingerprint density at radius 1 is 1.37 bits per heavy atom. The molecule has 2 saturated heterocycles. The Morgan fingerprint density at radius 3 is 2.68 bits per heavy atom. The van der Waals surface area contributed by atoms with Crippen molar-refractivity contribution in [1.82, 2.24) is 10.6 Å². The molecule has 4 heteroatoms. The lowest BCUT2D eigenvalue weighted by atomic mass is 9.64. The summed E-state index contributed by atoms with van der Waals surface area (Å²) >= 11 is 0. The quantitative estimate of drug-likeness (QED) is 0.809. The number of fused-ring (bicyclic) bond motifs is 2. The lowest BCUT2D eigenvalue weighted by Gasteiger charge is -2.52. The van der Waals surface area contributed by atoms with Crippen LogP contribution in [0.3, 0.4) is 0 Å². The Morgan fingerprint density at radius 2 is 2.16 bits per heavy atom.